The van der Waals surface area contributed by atoms with Crippen LogP contribution in [0, 0.1) is 0 Å². The van der Waals surface area contributed by atoms with Gasteiger partial charge in [-0.3, -0.25) is 0 Å². The van der Waals surface area contributed by atoms with Gasteiger partial charge in [0.1, 0.15) is 0 Å². The van der Waals surface area contributed by atoms with Crippen LogP contribution in [0.1, 0.15) is 50.7 Å². The van der Waals surface area contributed by atoms with E-state index in [1.165, 1.54) is 22.5 Å². The predicted octanol–water partition coefficient (Wildman–Crippen LogP) is 5.41. The van der Waals surface area contributed by atoms with Gasteiger partial charge < -0.3 is 10.6 Å². The summed E-state index contributed by atoms with van der Waals surface area (Å²) in [6.45, 7) is 9.63. The Kier molecular flexibility index (Phi) is 5.26. The Hall–Kier alpha value is -1.96. The number of rotatable bonds is 6. The molecule has 0 aromatic heterocycles. The molecule has 0 unspecified atom stereocenters. The number of benzene rings is 2. The van der Waals surface area contributed by atoms with Crippen LogP contribution < -0.4 is 10.6 Å². The summed E-state index contributed by atoms with van der Waals surface area (Å²) < 4.78 is 0. The summed E-state index contributed by atoms with van der Waals surface area (Å²) >= 11 is 0. The molecule has 0 fully saturated rings. The second kappa shape index (κ2) is 7.16. The van der Waals surface area contributed by atoms with Crippen LogP contribution in [-0.4, -0.2) is 6.67 Å². The molecule has 0 aliphatic carbocycles. The third kappa shape index (κ3) is 4.01. The van der Waals surface area contributed by atoms with E-state index in [0.717, 1.165) is 6.67 Å². The van der Waals surface area contributed by atoms with Crippen LogP contribution in [0.25, 0.3) is 0 Å². The molecular formula is C19H26N2. The lowest BCUT2D eigenvalue weighted by Gasteiger charge is -2.18. The van der Waals surface area contributed by atoms with E-state index in [-0.39, 0.29) is 0 Å². The Morgan fingerprint density at radius 1 is 0.667 bits per heavy atom. The normalized spacial score (nSPS) is 11.0. The number of nitrogens with one attached hydrogen (secondary N) is 2. The molecule has 2 rings (SSSR count). The van der Waals surface area contributed by atoms with Gasteiger partial charge in [-0.25, -0.2) is 0 Å². The minimum Gasteiger partial charge on any atom is -0.368 e. The first-order valence-corrected chi connectivity index (χ1v) is 7.75. The highest BCUT2D eigenvalue weighted by Gasteiger charge is 2.07. The maximum Gasteiger partial charge on any atom is 0.0849 e. The first-order chi connectivity index (χ1) is 10.1. The molecule has 2 aromatic rings. The van der Waals surface area contributed by atoms with Crippen molar-refractivity contribution in [1.82, 2.24) is 0 Å². The van der Waals surface area contributed by atoms with Gasteiger partial charge in [-0.15, -0.1) is 0 Å². The lowest BCUT2D eigenvalue weighted by Crippen LogP contribution is -2.14. The van der Waals surface area contributed by atoms with Crippen LogP contribution in [0.15, 0.2) is 48.5 Å². The van der Waals surface area contributed by atoms with Gasteiger partial charge in [-0.2, -0.15) is 0 Å². The fourth-order valence-corrected chi connectivity index (χ4v) is 2.56. The van der Waals surface area contributed by atoms with Crippen molar-refractivity contribution in [2.45, 2.75) is 39.5 Å². The fourth-order valence-electron chi connectivity index (χ4n) is 2.56. The van der Waals surface area contributed by atoms with Gasteiger partial charge in [-0.1, -0.05) is 64.1 Å². The molecule has 0 atom stereocenters. The second-order valence-corrected chi connectivity index (χ2v) is 6.01. The average molecular weight is 282 g/mol. The van der Waals surface area contributed by atoms with Crippen molar-refractivity contribution in [3.63, 3.8) is 0 Å². The van der Waals surface area contributed by atoms with Gasteiger partial charge in [0.15, 0.2) is 0 Å². The van der Waals surface area contributed by atoms with Crippen molar-refractivity contribution in [2.24, 2.45) is 0 Å². The quantitative estimate of drug-likeness (QED) is 0.692. The first kappa shape index (κ1) is 15.4. The van der Waals surface area contributed by atoms with E-state index in [4.69, 9.17) is 0 Å². The highest BCUT2D eigenvalue weighted by Crippen LogP contribution is 2.25. The molecule has 2 nitrogen and oxygen atoms in total. The van der Waals surface area contributed by atoms with Crippen LogP contribution in [0.4, 0.5) is 11.4 Å². The smallest absolute Gasteiger partial charge is 0.0849 e. The van der Waals surface area contributed by atoms with Crippen molar-refractivity contribution in [2.75, 3.05) is 17.3 Å². The molecule has 2 heteroatoms. The summed E-state index contributed by atoms with van der Waals surface area (Å²) in [4.78, 5) is 0. The number of hydrogen-bond acceptors (Lipinski definition) is 2. The first-order valence-electron chi connectivity index (χ1n) is 7.75. The lowest BCUT2D eigenvalue weighted by molar-refractivity contribution is 0.863. The van der Waals surface area contributed by atoms with Crippen molar-refractivity contribution in [3.8, 4) is 0 Å². The minimum absolute atomic E-state index is 0.525. The summed E-state index contributed by atoms with van der Waals surface area (Å²) in [5, 5.41) is 7.00. The van der Waals surface area contributed by atoms with E-state index in [0.29, 0.717) is 11.8 Å². The molecule has 2 aromatic carbocycles. The molecule has 21 heavy (non-hydrogen) atoms. The van der Waals surface area contributed by atoms with E-state index in [1.807, 2.05) is 0 Å². The Labute approximate surface area is 128 Å². The molecule has 0 heterocycles. The SMILES string of the molecule is CC(C)c1ccccc1NCNc1ccccc1C(C)C. The van der Waals surface area contributed by atoms with Gasteiger partial charge >= 0.3 is 0 Å². The summed E-state index contributed by atoms with van der Waals surface area (Å²) in [6.07, 6.45) is 0. The van der Waals surface area contributed by atoms with Crippen LogP contribution in [0.5, 0.6) is 0 Å². The Bertz CT molecular complexity index is 522. The van der Waals surface area contributed by atoms with Gasteiger partial charge in [0.2, 0.25) is 0 Å². The molecular weight excluding hydrogens is 256 g/mol. The lowest BCUT2D eigenvalue weighted by atomic mass is 10.0. The molecule has 0 bridgehead atoms. The molecule has 0 saturated carbocycles. The van der Waals surface area contributed by atoms with Gasteiger partial charge in [0.05, 0.1) is 6.67 Å². The largest absolute Gasteiger partial charge is 0.368 e. The van der Waals surface area contributed by atoms with Crippen molar-refractivity contribution < 1.29 is 0 Å². The highest BCUT2D eigenvalue weighted by atomic mass is 15.1. The minimum atomic E-state index is 0.525. The molecule has 0 amide bonds. The maximum atomic E-state index is 3.50. The molecule has 112 valence electrons. The van der Waals surface area contributed by atoms with E-state index in [9.17, 15) is 0 Å². The van der Waals surface area contributed by atoms with Crippen LogP contribution >= 0.6 is 0 Å². The standard InChI is InChI=1S/C19H26N2/c1-14(2)16-9-5-7-11-18(16)20-13-21-19-12-8-6-10-17(19)15(3)4/h5-12,14-15,20-21H,13H2,1-4H3. The van der Waals surface area contributed by atoms with Gasteiger partial charge in [0.25, 0.3) is 0 Å². The Morgan fingerprint density at radius 3 is 1.43 bits per heavy atom. The third-order valence-electron chi connectivity index (χ3n) is 3.72. The summed E-state index contributed by atoms with van der Waals surface area (Å²) in [5.41, 5.74) is 5.14. The highest BCUT2D eigenvalue weighted by molar-refractivity contribution is 5.56. The van der Waals surface area contributed by atoms with E-state index < -0.39 is 0 Å². The van der Waals surface area contributed by atoms with Crippen molar-refractivity contribution in [1.29, 1.82) is 0 Å². The summed E-state index contributed by atoms with van der Waals surface area (Å²) in [6, 6.07) is 17.0. The van der Waals surface area contributed by atoms with Crippen LogP contribution in [0.3, 0.4) is 0 Å². The number of hydrogen-bond donors (Lipinski definition) is 2. The third-order valence-corrected chi connectivity index (χ3v) is 3.72. The van der Waals surface area contributed by atoms with Crippen molar-refractivity contribution >= 4 is 11.4 Å². The molecule has 0 aliphatic rings. The van der Waals surface area contributed by atoms with E-state index >= 15 is 0 Å². The summed E-state index contributed by atoms with van der Waals surface area (Å²) in [5.74, 6) is 1.05. The topological polar surface area (TPSA) is 24.1 Å². The Balaban J connectivity index is 2.03. The maximum absolute atomic E-state index is 3.50. The van der Waals surface area contributed by atoms with Gasteiger partial charge in [0, 0.05) is 11.4 Å². The average Bonchev–Trinajstić information content (AvgIpc) is 2.48. The van der Waals surface area contributed by atoms with Gasteiger partial charge in [-0.05, 0) is 35.1 Å². The monoisotopic (exact) mass is 282 g/mol. The van der Waals surface area contributed by atoms with E-state index in [1.54, 1.807) is 0 Å². The van der Waals surface area contributed by atoms with Crippen LogP contribution in [-0.2, 0) is 0 Å². The zero-order valence-corrected chi connectivity index (χ0v) is 13.5. The Morgan fingerprint density at radius 2 is 1.05 bits per heavy atom. The molecule has 0 spiro atoms. The number of para-hydroxylation sites is 2. The molecule has 0 aliphatic heterocycles. The fraction of sp³-hybridized carbons (Fsp3) is 0.368. The molecule has 2 N–H and O–H groups in total. The molecule has 0 saturated heterocycles. The summed E-state index contributed by atoms with van der Waals surface area (Å²) in [7, 11) is 0. The zero-order valence-electron chi connectivity index (χ0n) is 13.5. The zero-order chi connectivity index (χ0) is 15.2. The van der Waals surface area contributed by atoms with E-state index in [2.05, 4.69) is 86.9 Å². The predicted molar refractivity (Wildman–Crippen MR) is 93.2 cm³/mol. The molecule has 0 radical (unpaired) electrons. The second-order valence-electron chi connectivity index (χ2n) is 6.01. The number of anilines is 2. The van der Waals surface area contributed by atoms with Crippen molar-refractivity contribution in [3.05, 3.63) is 59.7 Å². The van der Waals surface area contributed by atoms with Crippen LogP contribution in [0.2, 0.25) is 0 Å².